The minimum Gasteiger partial charge on any atom is -0.462 e. The number of epoxide rings is 1. The molecule has 1 saturated heterocycles. The van der Waals surface area contributed by atoms with Crippen LogP contribution in [0.25, 0.3) is 0 Å². The van der Waals surface area contributed by atoms with Gasteiger partial charge in [-0.1, -0.05) is 166 Å². The molecule has 0 aromatic carbocycles. The highest BCUT2D eigenvalue weighted by Gasteiger charge is 2.36. The van der Waals surface area contributed by atoms with E-state index in [0.717, 1.165) is 44.9 Å². The smallest absolute Gasteiger partial charge is 0.462 e. The third kappa shape index (κ3) is 34.5. The average molecular weight is 769 g/mol. The molecular formula is C43H77O9P. The number of unbranched alkanes of at least 4 members (excludes halogenated alkanes) is 20. The quantitative estimate of drug-likeness (QED) is 0.0207. The van der Waals surface area contributed by atoms with E-state index >= 15 is 0 Å². The monoisotopic (exact) mass is 769 g/mol. The molecule has 1 fully saturated rings. The van der Waals surface area contributed by atoms with E-state index in [9.17, 15) is 14.2 Å². The van der Waals surface area contributed by atoms with Gasteiger partial charge in [0.2, 0.25) is 0 Å². The first-order chi connectivity index (χ1) is 25.7. The van der Waals surface area contributed by atoms with Crippen molar-refractivity contribution in [2.45, 2.75) is 212 Å². The predicted molar refractivity (Wildman–Crippen MR) is 216 cm³/mol. The van der Waals surface area contributed by atoms with Gasteiger partial charge in [-0.25, -0.2) is 4.57 Å². The van der Waals surface area contributed by atoms with Gasteiger partial charge >= 0.3 is 19.8 Å². The lowest BCUT2D eigenvalue weighted by molar-refractivity contribution is -0.161. The van der Waals surface area contributed by atoms with Crippen LogP contribution in [-0.4, -0.2) is 53.3 Å². The fraction of sp³-hybridized carbons (Fsp3) is 0.814. The van der Waals surface area contributed by atoms with E-state index in [1.54, 1.807) is 0 Å². The van der Waals surface area contributed by atoms with E-state index in [-0.39, 0.29) is 19.4 Å². The summed E-state index contributed by atoms with van der Waals surface area (Å²) in [6.45, 7) is 3.62. The Kier molecular flexibility index (Phi) is 32.2. The van der Waals surface area contributed by atoms with E-state index in [1.807, 2.05) is 6.08 Å². The summed E-state index contributed by atoms with van der Waals surface area (Å²) in [4.78, 5) is 42.9. The largest absolute Gasteiger partial charge is 0.469 e. The fourth-order valence-electron chi connectivity index (χ4n) is 6.23. The second kappa shape index (κ2) is 34.7. The maximum atomic E-state index is 12.4. The number of esters is 2. The molecule has 308 valence electrons. The van der Waals surface area contributed by atoms with Crippen LogP contribution in [0.5, 0.6) is 0 Å². The van der Waals surface area contributed by atoms with E-state index in [4.69, 9.17) is 24.0 Å². The molecule has 0 spiro atoms. The second-order valence-electron chi connectivity index (χ2n) is 14.7. The Morgan fingerprint density at radius 1 is 0.585 bits per heavy atom. The van der Waals surface area contributed by atoms with E-state index in [1.165, 1.54) is 109 Å². The zero-order valence-electron chi connectivity index (χ0n) is 33.6. The number of allylic oxidation sites excluding steroid dienone is 4. The summed E-state index contributed by atoms with van der Waals surface area (Å²) in [6, 6.07) is 0. The Labute approximate surface area is 323 Å². The Balaban J connectivity index is 2.09. The number of ether oxygens (including phenoxy) is 3. The van der Waals surface area contributed by atoms with Crippen molar-refractivity contribution in [3.63, 3.8) is 0 Å². The zero-order valence-corrected chi connectivity index (χ0v) is 34.5. The van der Waals surface area contributed by atoms with Crippen LogP contribution in [0, 0.1) is 0 Å². The van der Waals surface area contributed by atoms with E-state index in [2.05, 4.69) is 48.8 Å². The number of rotatable bonds is 38. The van der Waals surface area contributed by atoms with Crippen LogP contribution in [0.3, 0.4) is 0 Å². The summed E-state index contributed by atoms with van der Waals surface area (Å²) in [6.07, 6.45) is 43.3. The number of phosphoric acid groups is 1. The number of phosphoric ester groups is 1. The molecule has 0 aromatic rings. The molecule has 10 heteroatoms. The Bertz CT molecular complexity index is 1020. The molecule has 0 saturated carbocycles. The van der Waals surface area contributed by atoms with Crippen LogP contribution < -0.4 is 0 Å². The second-order valence-corrected chi connectivity index (χ2v) is 15.9. The van der Waals surface area contributed by atoms with Crippen LogP contribution in [0.15, 0.2) is 36.5 Å². The summed E-state index contributed by atoms with van der Waals surface area (Å²) >= 11 is 0. The van der Waals surface area contributed by atoms with Crippen LogP contribution in [0.4, 0.5) is 0 Å². The van der Waals surface area contributed by atoms with Crippen molar-refractivity contribution < 1.29 is 42.7 Å². The van der Waals surface area contributed by atoms with Gasteiger partial charge in [0, 0.05) is 12.8 Å². The Morgan fingerprint density at radius 2 is 1.04 bits per heavy atom. The van der Waals surface area contributed by atoms with Gasteiger partial charge in [0.25, 0.3) is 0 Å². The molecule has 1 aliphatic rings. The summed E-state index contributed by atoms with van der Waals surface area (Å²) in [7, 11) is -4.77. The van der Waals surface area contributed by atoms with Crippen LogP contribution >= 0.6 is 7.82 Å². The minimum absolute atomic E-state index is 0.132. The molecule has 0 amide bonds. The van der Waals surface area contributed by atoms with Crippen molar-refractivity contribution in [2.24, 2.45) is 0 Å². The van der Waals surface area contributed by atoms with Gasteiger partial charge < -0.3 is 24.0 Å². The van der Waals surface area contributed by atoms with Crippen molar-refractivity contribution in [2.75, 3.05) is 13.2 Å². The van der Waals surface area contributed by atoms with Crippen LogP contribution in [0.1, 0.15) is 194 Å². The maximum Gasteiger partial charge on any atom is 0.469 e. The standard InChI is InChI=1S/C43H77O9P/c1-3-5-7-9-11-12-13-14-15-16-17-18-19-20-23-27-31-35-42(44)49-37-39(38-50-53(46,47)48)51-43(45)36-32-28-24-21-22-26-30-34-41-40(52-41)33-29-25-10-8-6-4-2/h21,24-26,29-30,39-41H,3-20,22-23,27-28,31-38H2,1-2H3,(H2,46,47,48)/b24-21-,29-25-,30-26-/t39-,40?,41?/m1/s1. The first kappa shape index (κ1) is 49.2. The van der Waals surface area contributed by atoms with Gasteiger partial charge in [-0.2, -0.15) is 0 Å². The normalized spacial score (nSPS) is 16.6. The molecule has 2 unspecified atom stereocenters. The lowest BCUT2D eigenvalue weighted by Crippen LogP contribution is -2.29. The van der Waals surface area contributed by atoms with Crippen molar-refractivity contribution >= 4 is 19.8 Å². The summed E-state index contributed by atoms with van der Waals surface area (Å²) in [5, 5.41) is 0. The molecule has 0 aliphatic carbocycles. The van der Waals surface area contributed by atoms with E-state index < -0.39 is 32.5 Å². The molecule has 3 atom stereocenters. The number of carbonyl (C=O) groups is 2. The molecule has 2 N–H and O–H groups in total. The maximum absolute atomic E-state index is 12.4. The highest BCUT2D eigenvalue weighted by molar-refractivity contribution is 7.46. The number of hydrogen-bond donors (Lipinski definition) is 2. The Hall–Kier alpha value is -1.77. The van der Waals surface area contributed by atoms with Crippen molar-refractivity contribution in [1.82, 2.24) is 0 Å². The fourth-order valence-corrected chi connectivity index (χ4v) is 6.59. The highest BCUT2D eigenvalue weighted by Crippen LogP contribution is 2.36. The van der Waals surface area contributed by atoms with Gasteiger partial charge in [0.05, 0.1) is 18.8 Å². The molecule has 1 heterocycles. The lowest BCUT2D eigenvalue weighted by Gasteiger charge is -2.18. The third-order valence-electron chi connectivity index (χ3n) is 9.56. The van der Waals surface area contributed by atoms with Gasteiger partial charge in [0.1, 0.15) is 6.61 Å². The molecule has 1 rings (SSSR count). The topological polar surface area (TPSA) is 132 Å². The molecular weight excluding hydrogens is 691 g/mol. The van der Waals surface area contributed by atoms with Crippen LogP contribution in [-0.2, 0) is 32.9 Å². The van der Waals surface area contributed by atoms with Gasteiger partial charge in [0.15, 0.2) is 6.10 Å². The molecule has 9 nitrogen and oxygen atoms in total. The summed E-state index contributed by atoms with van der Waals surface area (Å²) < 4.78 is 32.1. The van der Waals surface area contributed by atoms with Crippen molar-refractivity contribution in [3.8, 4) is 0 Å². The molecule has 0 bridgehead atoms. The summed E-state index contributed by atoms with van der Waals surface area (Å²) in [5.41, 5.74) is 0. The lowest BCUT2D eigenvalue weighted by atomic mass is 10.0. The zero-order chi connectivity index (χ0) is 38.7. The third-order valence-corrected chi connectivity index (χ3v) is 10.0. The van der Waals surface area contributed by atoms with Gasteiger partial charge in [-0.15, -0.1) is 0 Å². The first-order valence-corrected chi connectivity index (χ1v) is 22.9. The van der Waals surface area contributed by atoms with Crippen molar-refractivity contribution in [3.05, 3.63) is 36.5 Å². The number of hydrogen-bond acceptors (Lipinski definition) is 7. The average Bonchev–Trinajstić information content (AvgIpc) is 3.88. The van der Waals surface area contributed by atoms with Gasteiger partial charge in [-0.05, 0) is 51.4 Å². The van der Waals surface area contributed by atoms with Gasteiger partial charge in [-0.3, -0.25) is 14.1 Å². The molecule has 0 radical (unpaired) electrons. The summed E-state index contributed by atoms with van der Waals surface area (Å²) in [5.74, 6) is -0.950. The molecule has 0 aromatic heterocycles. The molecule has 1 aliphatic heterocycles. The Morgan fingerprint density at radius 3 is 1.60 bits per heavy atom. The predicted octanol–water partition coefficient (Wildman–Crippen LogP) is 11.9. The first-order valence-electron chi connectivity index (χ1n) is 21.4. The molecule has 53 heavy (non-hydrogen) atoms. The SMILES string of the molecule is CCCCC/C=C\CC1OC1C/C=C\C/C=C\CCCC(=O)O[C@H](COC(=O)CCCCCCCCCCCCCCCCCCC)COP(=O)(O)O. The number of carbonyl (C=O) groups excluding carboxylic acids is 2. The van der Waals surface area contributed by atoms with Crippen molar-refractivity contribution in [1.29, 1.82) is 0 Å². The van der Waals surface area contributed by atoms with Crippen LogP contribution in [0.2, 0.25) is 0 Å². The minimum atomic E-state index is -4.77. The van der Waals surface area contributed by atoms with E-state index in [0.29, 0.717) is 25.0 Å². The highest BCUT2D eigenvalue weighted by atomic mass is 31.2.